The molecule has 1 amide bonds. The van der Waals surface area contributed by atoms with E-state index in [1.165, 1.54) is 18.3 Å². The number of anilines is 1. The molecule has 0 unspecified atom stereocenters. The summed E-state index contributed by atoms with van der Waals surface area (Å²) in [5.41, 5.74) is 1.70. The summed E-state index contributed by atoms with van der Waals surface area (Å²) < 4.78 is 15.3. The van der Waals surface area contributed by atoms with Gasteiger partial charge in [0.25, 0.3) is 5.91 Å². The van der Waals surface area contributed by atoms with E-state index in [0.29, 0.717) is 38.2 Å². The fraction of sp³-hybridized carbons (Fsp3) is 0.0952. The first-order chi connectivity index (χ1) is 13.3. The van der Waals surface area contributed by atoms with E-state index in [9.17, 15) is 14.0 Å². The first kappa shape index (κ1) is 18.1. The van der Waals surface area contributed by atoms with Gasteiger partial charge in [-0.15, -0.1) is 0 Å². The molecule has 28 heavy (non-hydrogen) atoms. The average Bonchev–Trinajstić information content (AvgIpc) is 2.65. The third-order valence-corrected chi connectivity index (χ3v) is 4.85. The second-order valence-corrected chi connectivity index (χ2v) is 6.95. The standard InChI is InChI=1S/C21H15ClFN3O2/c1-11-8-18(14-9-12(23)6-7-17(14)24-11)25-21(28)15-10-26(2)19-13(20(15)27)4-3-5-16(19)22/h3-10H,1-2H3,(H,24,25,28). The van der Waals surface area contributed by atoms with Gasteiger partial charge in [-0.3, -0.25) is 14.6 Å². The highest BCUT2D eigenvalue weighted by molar-refractivity contribution is 6.35. The minimum atomic E-state index is -0.585. The van der Waals surface area contributed by atoms with Crippen LogP contribution in [0.15, 0.2) is 53.5 Å². The van der Waals surface area contributed by atoms with E-state index < -0.39 is 17.2 Å². The van der Waals surface area contributed by atoms with Crippen molar-refractivity contribution in [2.24, 2.45) is 7.05 Å². The van der Waals surface area contributed by atoms with Crippen molar-refractivity contribution in [3.8, 4) is 0 Å². The van der Waals surface area contributed by atoms with E-state index in [1.807, 2.05) is 0 Å². The second kappa shape index (κ2) is 6.73. The number of carbonyl (C=O) groups is 1. The Morgan fingerprint density at radius 1 is 1.18 bits per heavy atom. The summed E-state index contributed by atoms with van der Waals surface area (Å²) in [7, 11) is 1.71. The number of hydrogen-bond acceptors (Lipinski definition) is 3. The predicted octanol–water partition coefficient (Wildman–Crippen LogP) is 4.44. The van der Waals surface area contributed by atoms with Gasteiger partial charge < -0.3 is 9.88 Å². The lowest BCUT2D eigenvalue weighted by Gasteiger charge is -2.12. The summed E-state index contributed by atoms with van der Waals surface area (Å²) in [6.45, 7) is 1.77. The lowest BCUT2D eigenvalue weighted by atomic mass is 10.1. The van der Waals surface area contributed by atoms with Gasteiger partial charge in [-0.05, 0) is 43.3 Å². The smallest absolute Gasteiger partial charge is 0.261 e. The van der Waals surface area contributed by atoms with Crippen LogP contribution in [0.1, 0.15) is 16.1 Å². The molecule has 0 aliphatic heterocycles. The highest BCUT2D eigenvalue weighted by Crippen LogP contribution is 2.25. The Labute approximate surface area is 164 Å². The molecule has 4 rings (SSSR count). The van der Waals surface area contributed by atoms with Crippen molar-refractivity contribution in [3.05, 3.63) is 81.0 Å². The molecule has 0 aliphatic carbocycles. The molecule has 0 radical (unpaired) electrons. The summed E-state index contributed by atoms with van der Waals surface area (Å²) in [6, 6.07) is 10.8. The fourth-order valence-electron chi connectivity index (χ4n) is 3.30. The molecule has 5 nitrogen and oxygen atoms in total. The summed E-state index contributed by atoms with van der Waals surface area (Å²) in [5, 5.41) is 3.96. The lowest BCUT2D eigenvalue weighted by Crippen LogP contribution is -2.23. The number of nitrogens with zero attached hydrogens (tertiary/aromatic N) is 2. The van der Waals surface area contributed by atoms with Gasteiger partial charge in [0.15, 0.2) is 0 Å². The van der Waals surface area contributed by atoms with Gasteiger partial charge >= 0.3 is 0 Å². The van der Waals surface area contributed by atoms with Crippen LogP contribution in [-0.4, -0.2) is 15.5 Å². The average molecular weight is 396 g/mol. The molecular weight excluding hydrogens is 381 g/mol. The van der Waals surface area contributed by atoms with Crippen LogP contribution in [0.25, 0.3) is 21.8 Å². The number of halogens is 2. The molecule has 0 spiro atoms. The highest BCUT2D eigenvalue weighted by Gasteiger charge is 2.17. The van der Waals surface area contributed by atoms with E-state index in [1.54, 1.807) is 48.9 Å². The quantitative estimate of drug-likeness (QED) is 0.545. The minimum absolute atomic E-state index is 0.0312. The van der Waals surface area contributed by atoms with E-state index in [2.05, 4.69) is 10.3 Å². The maximum Gasteiger partial charge on any atom is 0.261 e. The van der Waals surface area contributed by atoms with E-state index >= 15 is 0 Å². The molecule has 0 bridgehead atoms. The molecule has 0 saturated carbocycles. The van der Waals surface area contributed by atoms with Crippen LogP contribution >= 0.6 is 11.6 Å². The Balaban J connectivity index is 1.84. The van der Waals surface area contributed by atoms with Crippen molar-refractivity contribution < 1.29 is 9.18 Å². The molecule has 0 saturated heterocycles. The van der Waals surface area contributed by atoms with Crippen molar-refractivity contribution in [2.45, 2.75) is 6.92 Å². The molecule has 7 heteroatoms. The zero-order valence-electron chi connectivity index (χ0n) is 15.1. The maximum absolute atomic E-state index is 13.7. The third kappa shape index (κ3) is 3.01. The summed E-state index contributed by atoms with van der Waals surface area (Å²) in [4.78, 5) is 30.1. The Morgan fingerprint density at radius 2 is 1.96 bits per heavy atom. The van der Waals surface area contributed by atoms with E-state index in [-0.39, 0.29) is 5.56 Å². The maximum atomic E-state index is 13.7. The summed E-state index contributed by atoms with van der Waals surface area (Å²) >= 11 is 6.19. The van der Waals surface area contributed by atoms with Crippen LogP contribution in [0.5, 0.6) is 0 Å². The molecule has 0 fully saturated rings. The fourth-order valence-corrected chi connectivity index (χ4v) is 3.61. The number of pyridine rings is 2. The van der Waals surface area contributed by atoms with E-state index in [4.69, 9.17) is 11.6 Å². The number of rotatable bonds is 2. The molecular formula is C21H15ClFN3O2. The lowest BCUT2D eigenvalue weighted by molar-refractivity contribution is 0.102. The van der Waals surface area contributed by atoms with Crippen LogP contribution < -0.4 is 10.7 Å². The largest absolute Gasteiger partial charge is 0.348 e. The van der Waals surface area contributed by atoms with Crippen molar-refractivity contribution in [1.82, 2.24) is 9.55 Å². The number of fused-ring (bicyclic) bond motifs is 2. The van der Waals surface area contributed by atoms with Gasteiger partial charge in [0.05, 0.1) is 21.7 Å². The highest BCUT2D eigenvalue weighted by atomic mass is 35.5. The molecule has 140 valence electrons. The van der Waals surface area contributed by atoms with Gasteiger partial charge in [-0.2, -0.15) is 0 Å². The molecule has 2 aromatic heterocycles. The van der Waals surface area contributed by atoms with Gasteiger partial charge in [-0.25, -0.2) is 4.39 Å². The van der Waals surface area contributed by atoms with Gasteiger partial charge in [-0.1, -0.05) is 17.7 Å². The van der Waals surface area contributed by atoms with Crippen molar-refractivity contribution in [3.63, 3.8) is 0 Å². The van der Waals surface area contributed by atoms with Crippen molar-refractivity contribution in [2.75, 3.05) is 5.32 Å². The first-order valence-corrected chi connectivity index (χ1v) is 8.89. The number of benzene rings is 2. The predicted molar refractivity (Wildman–Crippen MR) is 109 cm³/mol. The van der Waals surface area contributed by atoms with Gasteiger partial charge in [0.2, 0.25) is 5.43 Å². The number of aromatic nitrogens is 2. The summed E-state index contributed by atoms with van der Waals surface area (Å²) in [5.74, 6) is -1.02. The minimum Gasteiger partial charge on any atom is -0.348 e. The molecule has 2 heterocycles. The number of para-hydroxylation sites is 1. The van der Waals surface area contributed by atoms with Gasteiger partial charge in [0, 0.05) is 29.7 Å². The van der Waals surface area contributed by atoms with Crippen molar-refractivity contribution >= 4 is 45.0 Å². The van der Waals surface area contributed by atoms with Crippen LogP contribution in [0.3, 0.4) is 0 Å². The SMILES string of the molecule is Cc1cc(NC(=O)c2cn(C)c3c(Cl)cccc3c2=O)c2cc(F)ccc2n1. The molecule has 1 N–H and O–H groups in total. The Kier molecular flexibility index (Phi) is 4.35. The Morgan fingerprint density at radius 3 is 2.75 bits per heavy atom. The second-order valence-electron chi connectivity index (χ2n) is 6.55. The van der Waals surface area contributed by atoms with E-state index in [0.717, 1.165) is 0 Å². The number of carbonyl (C=O) groups excluding carboxylic acids is 1. The Bertz CT molecular complexity index is 1330. The normalized spacial score (nSPS) is 11.1. The number of aryl methyl sites for hydroxylation is 2. The number of amides is 1. The van der Waals surface area contributed by atoms with Gasteiger partial charge in [0.1, 0.15) is 11.4 Å². The van der Waals surface area contributed by atoms with Crippen LogP contribution in [-0.2, 0) is 7.05 Å². The third-order valence-electron chi connectivity index (χ3n) is 4.54. The van der Waals surface area contributed by atoms with Crippen molar-refractivity contribution in [1.29, 1.82) is 0 Å². The monoisotopic (exact) mass is 395 g/mol. The summed E-state index contributed by atoms with van der Waals surface area (Å²) in [6.07, 6.45) is 1.45. The topological polar surface area (TPSA) is 64.0 Å². The molecule has 4 aromatic rings. The zero-order chi connectivity index (χ0) is 20.0. The number of hydrogen-bond donors (Lipinski definition) is 1. The Hall–Kier alpha value is -3.25. The first-order valence-electron chi connectivity index (χ1n) is 8.51. The number of nitrogens with one attached hydrogen (secondary N) is 1. The zero-order valence-corrected chi connectivity index (χ0v) is 15.8. The van der Waals surface area contributed by atoms with Crippen LogP contribution in [0, 0.1) is 12.7 Å². The molecule has 0 atom stereocenters. The molecule has 2 aromatic carbocycles. The van der Waals surface area contributed by atoms with Crippen LogP contribution in [0.2, 0.25) is 5.02 Å². The van der Waals surface area contributed by atoms with Crippen LogP contribution in [0.4, 0.5) is 10.1 Å². The molecule has 0 aliphatic rings.